The molecule has 0 radical (unpaired) electrons. The van der Waals surface area contributed by atoms with Gasteiger partial charge in [0.1, 0.15) is 11.6 Å². The molecule has 6 nitrogen and oxygen atoms in total. The first kappa shape index (κ1) is 19.7. The standard InChI is InChI=1S/C23H29N5O/c1-16(2)14-28-8-6-17(7-9-28)22(29)11-23-24-12-19-5-4-18(10-21(19)26-23)20-13-25-27(3)15-20/h4-5,10,12-13,15-17H,6-9,11,14H2,1-3H3. The maximum Gasteiger partial charge on any atom is 0.143 e. The summed E-state index contributed by atoms with van der Waals surface area (Å²) in [5.41, 5.74) is 2.99. The minimum atomic E-state index is 0.138. The van der Waals surface area contributed by atoms with Crippen molar-refractivity contribution in [2.24, 2.45) is 18.9 Å². The van der Waals surface area contributed by atoms with Crippen molar-refractivity contribution in [1.29, 1.82) is 0 Å². The number of hydrogen-bond donors (Lipinski definition) is 0. The van der Waals surface area contributed by atoms with E-state index < -0.39 is 0 Å². The molecular weight excluding hydrogens is 362 g/mol. The number of hydrogen-bond acceptors (Lipinski definition) is 5. The Bertz CT molecular complexity index is 1000. The predicted octanol–water partition coefficient (Wildman–Crippen LogP) is 3.51. The predicted molar refractivity (Wildman–Crippen MR) is 114 cm³/mol. The highest BCUT2D eigenvalue weighted by molar-refractivity contribution is 5.85. The Morgan fingerprint density at radius 2 is 1.97 bits per heavy atom. The normalized spacial score (nSPS) is 16.0. The molecule has 0 aliphatic carbocycles. The van der Waals surface area contributed by atoms with Crippen molar-refractivity contribution >= 4 is 16.7 Å². The molecule has 1 fully saturated rings. The lowest BCUT2D eigenvalue weighted by Crippen LogP contribution is -2.38. The zero-order valence-electron chi connectivity index (χ0n) is 17.5. The third-order valence-electron chi connectivity index (χ3n) is 5.67. The number of Topliss-reactive ketones (excluding diaryl/α,β-unsaturated/α-hetero) is 1. The van der Waals surface area contributed by atoms with Crippen LogP contribution in [0.4, 0.5) is 0 Å². The molecule has 3 heterocycles. The Morgan fingerprint density at radius 3 is 2.66 bits per heavy atom. The molecule has 0 spiro atoms. The van der Waals surface area contributed by atoms with Gasteiger partial charge >= 0.3 is 0 Å². The Hall–Kier alpha value is -2.60. The molecule has 152 valence electrons. The second-order valence-corrected chi connectivity index (χ2v) is 8.57. The highest BCUT2D eigenvalue weighted by Crippen LogP contribution is 2.24. The molecule has 0 unspecified atom stereocenters. The first-order valence-electron chi connectivity index (χ1n) is 10.5. The number of nitrogens with zero attached hydrogens (tertiary/aromatic N) is 5. The van der Waals surface area contributed by atoms with E-state index >= 15 is 0 Å². The van der Waals surface area contributed by atoms with E-state index in [1.54, 1.807) is 4.68 Å². The fourth-order valence-corrected chi connectivity index (χ4v) is 4.15. The lowest BCUT2D eigenvalue weighted by Gasteiger charge is -2.32. The molecule has 1 aliphatic rings. The molecule has 0 N–H and O–H groups in total. The summed E-state index contributed by atoms with van der Waals surface area (Å²) < 4.78 is 1.79. The molecule has 1 aromatic carbocycles. The lowest BCUT2D eigenvalue weighted by atomic mass is 9.90. The maximum atomic E-state index is 12.8. The minimum Gasteiger partial charge on any atom is -0.303 e. The van der Waals surface area contributed by atoms with Crippen molar-refractivity contribution in [3.8, 4) is 11.1 Å². The van der Waals surface area contributed by atoms with Gasteiger partial charge in [0.25, 0.3) is 0 Å². The molecular formula is C23H29N5O. The van der Waals surface area contributed by atoms with E-state index in [4.69, 9.17) is 0 Å². The molecule has 0 amide bonds. The lowest BCUT2D eigenvalue weighted by molar-refractivity contribution is -0.123. The monoisotopic (exact) mass is 391 g/mol. The number of carbonyl (C=O) groups is 1. The van der Waals surface area contributed by atoms with Crippen molar-refractivity contribution in [1.82, 2.24) is 24.6 Å². The van der Waals surface area contributed by atoms with Crippen LogP contribution in [-0.4, -0.2) is 50.1 Å². The number of carbonyl (C=O) groups excluding carboxylic acids is 1. The van der Waals surface area contributed by atoms with Gasteiger partial charge < -0.3 is 4.90 Å². The van der Waals surface area contributed by atoms with E-state index in [2.05, 4.69) is 39.9 Å². The van der Waals surface area contributed by atoms with Crippen LogP contribution < -0.4 is 0 Å². The summed E-state index contributed by atoms with van der Waals surface area (Å²) in [6.45, 7) is 7.64. The van der Waals surface area contributed by atoms with E-state index in [0.29, 0.717) is 18.2 Å². The topological polar surface area (TPSA) is 63.9 Å². The first-order valence-corrected chi connectivity index (χ1v) is 10.5. The molecule has 29 heavy (non-hydrogen) atoms. The Labute approximate surface area is 172 Å². The van der Waals surface area contributed by atoms with E-state index in [9.17, 15) is 4.79 Å². The number of aryl methyl sites for hydroxylation is 1. The summed E-state index contributed by atoms with van der Waals surface area (Å²) in [7, 11) is 1.91. The molecule has 0 saturated carbocycles. The Balaban J connectivity index is 1.44. The summed E-state index contributed by atoms with van der Waals surface area (Å²) in [6, 6.07) is 6.12. The number of ketones is 1. The van der Waals surface area contributed by atoms with Gasteiger partial charge in [-0.05, 0) is 43.5 Å². The molecule has 4 rings (SSSR count). The van der Waals surface area contributed by atoms with Crippen molar-refractivity contribution in [2.45, 2.75) is 33.1 Å². The second kappa shape index (κ2) is 8.41. The summed E-state index contributed by atoms with van der Waals surface area (Å²) >= 11 is 0. The molecule has 1 aliphatic heterocycles. The van der Waals surface area contributed by atoms with Crippen LogP contribution in [0, 0.1) is 11.8 Å². The van der Waals surface area contributed by atoms with Gasteiger partial charge in [-0.1, -0.05) is 26.0 Å². The molecule has 2 aromatic heterocycles. The number of fused-ring (bicyclic) bond motifs is 1. The van der Waals surface area contributed by atoms with Gasteiger partial charge in [-0.3, -0.25) is 9.48 Å². The Morgan fingerprint density at radius 1 is 1.17 bits per heavy atom. The van der Waals surface area contributed by atoms with Gasteiger partial charge in [-0.2, -0.15) is 5.10 Å². The largest absolute Gasteiger partial charge is 0.303 e. The van der Waals surface area contributed by atoms with Crippen LogP contribution in [0.3, 0.4) is 0 Å². The average Bonchev–Trinajstić information content (AvgIpc) is 3.14. The number of aromatic nitrogens is 4. The maximum absolute atomic E-state index is 12.8. The smallest absolute Gasteiger partial charge is 0.143 e. The minimum absolute atomic E-state index is 0.138. The number of rotatable bonds is 6. The highest BCUT2D eigenvalue weighted by atomic mass is 16.1. The SMILES string of the molecule is CC(C)CN1CCC(C(=O)Cc2ncc3ccc(-c4cnn(C)c4)cc3n2)CC1. The Kier molecular flexibility index (Phi) is 5.72. The zero-order chi connectivity index (χ0) is 20.4. The van der Waals surface area contributed by atoms with Crippen LogP contribution in [0.25, 0.3) is 22.0 Å². The number of likely N-dealkylation sites (tertiary alicyclic amines) is 1. The van der Waals surface area contributed by atoms with Crippen molar-refractivity contribution in [2.75, 3.05) is 19.6 Å². The van der Waals surface area contributed by atoms with Gasteiger partial charge in [-0.15, -0.1) is 0 Å². The van der Waals surface area contributed by atoms with Gasteiger partial charge in [0.2, 0.25) is 0 Å². The summed E-state index contributed by atoms with van der Waals surface area (Å²) in [5.74, 6) is 1.71. The van der Waals surface area contributed by atoms with Crippen LogP contribution >= 0.6 is 0 Å². The summed E-state index contributed by atoms with van der Waals surface area (Å²) in [4.78, 5) is 24.4. The van der Waals surface area contributed by atoms with Gasteiger partial charge in [0, 0.05) is 42.9 Å². The molecule has 0 atom stereocenters. The van der Waals surface area contributed by atoms with Crippen molar-refractivity contribution in [3.05, 3.63) is 42.6 Å². The first-order chi connectivity index (χ1) is 14.0. The van der Waals surface area contributed by atoms with E-state index in [0.717, 1.165) is 54.5 Å². The van der Waals surface area contributed by atoms with E-state index in [1.165, 1.54) is 0 Å². The van der Waals surface area contributed by atoms with E-state index in [-0.39, 0.29) is 11.7 Å². The fourth-order valence-electron chi connectivity index (χ4n) is 4.15. The highest BCUT2D eigenvalue weighted by Gasteiger charge is 2.25. The summed E-state index contributed by atoms with van der Waals surface area (Å²) in [6.07, 6.45) is 7.87. The zero-order valence-corrected chi connectivity index (χ0v) is 17.5. The van der Waals surface area contributed by atoms with Crippen molar-refractivity contribution < 1.29 is 4.79 Å². The second-order valence-electron chi connectivity index (χ2n) is 8.57. The number of benzene rings is 1. The van der Waals surface area contributed by atoms with Gasteiger partial charge in [-0.25, -0.2) is 9.97 Å². The fraction of sp³-hybridized carbons (Fsp3) is 0.478. The van der Waals surface area contributed by atoms with Crippen LogP contribution in [0.5, 0.6) is 0 Å². The third kappa shape index (κ3) is 4.70. The molecule has 1 saturated heterocycles. The van der Waals surface area contributed by atoms with Crippen LogP contribution in [0.1, 0.15) is 32.5 Å². The average molecular weight is 392 g/mol. The van der Waals surface area contributed by atoms with Gasteiger partial charge in [0.15, 0.2) is 0 Å². The quantitative estimate of drug-likeness (QED) is 0.643. The van der Waals surface area contributed by atoms with Crippen LogP contribution in [0.2, 0.25) is 0 Å². The van der Waals surface area contributed by atoms with Gasteiger partial charge in [0.05, 0.1) is 18.1 Å². The van der Waals surface area contributed by atoms with Crippen LogP contribution in [-0.2, 0) is 18.3 Å². The third-order valence-corrected chi connectivity index (χ3v) is 5.67. The van der Waals surface area contributed by atoms with Crippen molar-refractivity contribution in [3.63, 3.8) is 0 Å². The molecule has 3 aromatic rings. The number of piperidine rings is 1. The van der Waals surface area contributed by atoms with E-state index in [1.807, 2.05) is 37.8 Å². The molecule has 6 heteroatoms. The summed E-state index contributed by atoms with van der Waals surface area (Å²) in [5, 5.41) is 5.22. The molecule has 0 bridgehead atoms. The van der Waals surface area contributed by atoms with Crippen LogP contribution in [0.15, 0.2) is 36.8 Å².